The van der Waals surface area contributed by atoms with Gasteiger partial charge in [-0.05, 0) is 18.2 Å². The minimum Gasteiger partial charge on any atom is -0.507 e. The third-order valence-corrected chi connectivity index (χ3v) is 2.21. The summed E-state index contributed by atoms with van der Waals surface area (Å²) >= 11 is 0. The first-order chi connectivity index (χ1) is 7.09. The SMILES string of the molecule is CS(=O)(=O)Nc1ccc(O)c(C(F)(F)F)c1. The van der Waals surface area contributed by atoms with Crippen LogP contribution in [0.25, 0.3) is 0 Å². The number of aromatic hydroxyl groups is 1. The lowest BCUT2D eigenvalue weighted by molar-refractivity contribution is -0.138. The molecule has 0 heterocycles. The van der Waals surface area contributed by atoms with Crippen LogP contribution in [0.1, 0.15) is 5.56 Å². The number of rotatable bonds is 2. The summed E-state index contributed by atoms with van der Waals surface area (Å²) in [6, 6.07) is 2.33. The van der Waals surface area contributed by atoms with E-state index in [2.05, 4.69) is 0 Å². The lowest BCUT2D eigenvalue weighted by Gasteiger charge is -2.11. The minimum atomic E-state index is -4.74. The maximum Gasteiger partial charge on any atom is 0.420 e. The molecule has 1 aromatic carbocycles. The summed E-state index contributed by atoms with van der Waals surface area (Å²) in [6.45, 7) is 0. The van der Waals surface area contributed by atoms with E-state index in [9.17, 15) is 21.6 Å². The van der Waals surface area contributed by atoms with E-state index in [4.69, 9.17) is 5.11 Å². The Morgan fingerprint density at radius 2 is 1.88 bits per heavy atom. The molecule has 0 aromatic heterocycles. The molecular weight excluding hydrogens is 247 g/mol. The number of nitrogens with one attached hydrogen (secondary N) is 1. The third kappa shape index (κ3) is 3.30. The smallest absolute Gasteiger partial charge is 0.420 e. The topological polar surface area (TPSA) is 66.4 Å². The second-order valence-corrected chi connectivity index (χ2v) is 4.85. The lowest BCUT2D eigenvalue weighted by Crippen LogP contribution is -2.11. The van der Waals surface area contributed by atoms with E-state index in [-0.39, 0.29) is 5.69 Å². The molecule has 0 spiro atoms. The normalized spacial score (nSPS) is 12.5. The molecule has 0 saturated carbocycles. The first-order valence-electron chi connectivity index (χ1n) is 3.97. The highest BCUT2D eigenvalue weighted by atomic mass is 32.2. The fourth-order valence-electron chi connectivity index (χ4n) is 1.04. The second kappa shape index (κ2) is 3.85. The summed E-state index contributed by atoms with van der Waals surface area (Å²) < 4.78 is 60.4. The number of phenols is 1. The van der Waals surface area contributed by atoms with Crippen LogP contribution < -0.4 is 4.72 Å². The standard InChI is InChI=1S/C8H8F3NO3S/c1-16(14,15)12-5-2-3-7(13)6(4-5)8(9,10)11/h2-4,12-13H,1H3. The van der Waals surface area contributed by atoms with Crippen molar-refractivity contribution in [2.45, 2.75) is 6.18 Å². The Balaban J connectivity index is 3.18. The number of hydrogen-bond donors (Lipinski definition) is 2. The maximum atomic E-state index is 12.3. The fraction of sp³-hybridized carbons (Fsp3) is 0.250. The Morgan fingerprint density at radius 1 is 1.31 bits per heavy atom. The Hall–Kier alpha value is -1.44. The molecule has 8 heteroatoms. The quantitative estimate of drug-likeness (QED) is 0.792. The minimum absolute atomic E-state index is 0.257. The van der Waals surface area contributed by atoms with E-state index < -0.39 is 27.5 Å². The van der Waals surface area contributed by atoms with E-state index in [0.29, 0.717) is 6.07 Å². The van der Waals surface area contributed by atoms with Crippen molar-refractivity contribution >= 4 is 15.7 Å². The summed E-state index contributed by atoms with van der Waals surface area (Å²) in [4.78, 5) is 0. The Bertz CT molecular complexity index is 496. The van der Waals surface area contributed by atoms with E-state index in [1.165, 1.54) is 0 Å². The van der Waals surface area contributed by atoms with Crippen molar-refractivity contribution in [3.05, 3.63) is 23.8 Å². The molecular formula is C8H8F3NO3S. The maximum absolute atomic E-state index is 12.3. The summed E-state index contributed by atoms with van der Waals surface area (Å²) in [5.74, 6) is -0.952. The molecule has 0 unspecified atom stereocenters. The van der Waals surface area contributed by atoms with Crippen LogP contribution in [0, 0.1) is 0 Å². The third-order valence-electron chi connectivity index (χ3n) is 1.61. The predicted molar refractivity (Wildman–Crippen MR) is 51.6 cm³/mol. The van der Waals surface area contributed by atoms with Crippen LogP contribution in [0.2, 0.25) is 0 Å². The Kier molecular flexibility index (Phi) is 3.04. The van der Waals surface area contributed by atoms with Gasteiger partial charge in [0.25, 0.3) is 0 Å². The predicted octanol–water partition coefficient (Wildman–Crippen LogP) is 1.78. The molecule has 90 valence electrons. The van der Waals surface area contributed by atoms with Gasteiger partial charge in [0, 0.05) is 5.69 Å². The second-order valence-electron chi connectivity index (χ2n) is 3.10. The molecule has 2 N–H and O–H groups in total. The molecule has 0 bridgehead atoms. The highest BCUT2D eigenvalue weighted by molar-refractivity contribution is 7.92. The van der Waals surface area contributed by atoms with Gasteiger partial charge in [0.1, 0.15) is 5.75 Å². The molecule has 0 aliphatic carbocycles. The molecule has 4 nitrogen and oxygen atoms in total. The largest absolute Gasteiger partial charge is 0.507 e. The zero-order chi connectivity index (χ0) is 12.6. The highest BCUT2D eigenvalue weighted by Gasteiger charge is 2.34. The van der Waals surface area contributed by atoms with E-state index in [0.717, 1.165) is 18.4 Å². The van der Waals surface area contributed by atoms with Crippen molar-refractivity contribution in [2.24, 2.45) is 0 Å². The van der Waals surface area contributed by atoms with Crippen molar-refractivity contribution in [3.63, 3.8) is 0 Å². The molecule has 0 fully saturated rings. The van der Waals surface area contributed by atoms with Crippen molar-refractivity contribution in [3.8, 4) is 5.75 Å². The van der Waals surface area contributed by atoms with Crippen molar-refractivity contribution in [2.75, 3.05) is 11.0 Å². The molecule has 0 aliphatic rings. The number of sulfonamides is 1. The molecule has 0 amide bonds. The fourth-order valence-corrected chi connectivity index (χ4v) is 1.60. The van der Waals surface area contributed by atoms with Gasteiger partial charge in [0.15, 0.2) is 0 Å². The number of halogens is 3. The zero-order valence-corrected chi connectivity index (χ0v) is 8.85. The monoisotopic (exact) mass is 255 g/mol. The molecule has 1 rings (SSSR count). The van der Waals surface area contributed by atoms with Crippen LogP contribution in [0.15, 0.2) is 18.2 Å². The van der Waals surface area contributed by atoms with Gasteiger partial charge >= 0.3 is 6.18 Å². The molecule has 1 aromatic rings. The van der Waals surface area contributed by atoms with E-state index in [1.807, 2.05) is 4.72 Å². The van der Waals surface area contributed by atoms with Crippen LogP contribution in [0.4, 0.5) is 18.9 Å². The van der Waals surface area contributed by atoms with Gasteiger partial charge in [0.05, 0.1) is 11.8 Å². The van der Waals surface area contributed by atoms with Crippen LogP contribution >= 0.6 is 0 Å². The van der Waals surface area contributed by atoms with Crippen LogP contribution in [-0.2, 0) is 16.2 Å². The van der Waals surface area contributed by atoms with Gasteiger partial charge in [-0.3, -0.25) is 4.72 Å². The van der Waals surface area contributed by atoms with Crippen LogP contribution in [-0.4, -0.2) is 19.8 Å². The highest BCUT2D eigenvalue weighted by Crippen LogP contribution is 2.37. The lowest BCUT2D eigenvalue weighted by atomic mass is 10.2. The average Bonchev–Trinajstić information content (AvgIpc) is 2.04. The van der Waals surface area contributed by atoms with Gasteiger partial charge in [-0.1, -0.05) is 0 Å². The van der Waals surface area contributed by atoms with Gasteiger partial charge in [-0.15, -0.1) is 0 Å². The molecule has 0 saturated heterocycles. The van der Waals surface area contributed by atoms with Gasteiger partial charge in [0.2, 0.25) is 10.0 Å². The molecule has 0 atom stereocenters. The zero-order valence-electron chi connectivity index (χ0n) is 8.04. The van der Waals surface area contributed by atoms with Crippen molar-refractivity contribution < 1.29 is 26.7 Å². The Morgan fingerprint density at radius 3 is 2.31 bits per heavy atom. The molecule has 0 radical (unpaired) electrons. The van der Waals surface area contributed by atoms with Crippen molar-refractivity contribution in [1.82, 2.24) is 0 Å². The van der Waals surface area contributed by atoms with E-state index >= 15 is 0 Å². The number of anilines is 1. The molecule has 0 aliphatic heterocycles. The summed E-state index contributed by atoms with van der Waals surface area (Å²) in [5, 5.41) is 8.97. The van der Waals surface area contributed by atoms with Gasteiger partial charge in [-0.25, -0.2) is 8.42 Å². The van der Waals surface area contributed by atoms with E-state index in [1.54, 1.807) is 0 Å². The number of alkyl halides is 3. The first-order valence-corrected chi connectivity index (χ1v) is 5.87. The van der Waals surface area contributed by atoms with Crippen molar-refractivity contribution in [1.29, 1.82) is 0 Å². The molecule has 16 heavy (non-hydrogen) atoms. The van der Waals surface area contributed by atoms with Gasteiger partial charge < -0.3 is 5.11 Å². The Labute approximate surface area is 89.8 Å². The number of phenolic OH excluding ortho intramolecular Hbond substituents is 1. The first kappa shape index (κ1) is 12.6. The summed E-state index contributed by atoms with van der Waals surface area (Å²) in [6.07, 6.45) is -3.92. The van der Waals surface area contributed by atoms with Crippen LogP contribution in [0.5, 0.6) is 5.75 Å². The average molecular weight is 255 g/mol. The van der Waals surface area contributed by atoms with Gasteiger partial charge in [-0.2, -0.15) is 13.2 Å². The summed E-state index contributed by atoms with van der Waals surface area (Å²) in [7, 11) is -3.65. The number of hydrogen-bond acceptors (Lipinski definition) is 3. The number of benzene rings is 1. The summed E-state index contributed by atoms with van der Waals surface area (Å²) in [5.41, 5.74) is -1.55. The van der Waals surface area contributed by atoms with Crippen LogP contribution in [0.3, 0.4) is 0 Å².